The highest BCUT2D eigenvalue weighted by molar-refractivity contribution is 6.14. The fraction of sp³-hybridized carbons (Fsp3) is 0.182. The van der Waals surface area contributed by atoms with Gasteiger partial charge in [-0.15, -0.1) is 0 Å². The molecule has 0 bridgehead atoms. The summed E-state index contributed by atoms with van der Waals surface area (Å²) in [5, 5.41) is 17.5. The number of fused-ring (bicyclic) bond motifs is 1. The van der Waals surface area contributed by atoms with Crippen LogP contribution >= 0.6 is 0 Å². The Bertz CT molecular complexity index is 1060. The molecule has 1 heterocycles. The van der Waals surface area contributed by atoms with Gasteiger partial charge in [0.05, 0.1) is 24.8 Å². The predicted molar refractivity (Wildman–Crippen MR) is 106 cm³/mol. The number of hydrogen-bond donors (Lipinski definition) is 0. The summed E-state index contributed by atoms with van der Waals surface area (Å²) in [5.74, 6) is 0.801. The first-order chi connectivity index (χ1) is 14.5. The summed E-state index contributed by atoms with van der Waals surface area (Å²) in [6, 6.07) is 15.5. The Labute approximate surface area is 173 Å². The van der Waals surface area contributed by atoms with Crippen molar-refractivity contribution >= 4 is 17.8 Å². The molecule has 0 saturated heterocycles. The molecule has 1 aliphatic rings. The molecular weight excluding hydrogens is 386 g/mol. The van der Waals surface area contributed by atoms with Gasteiger partial charge in [-0.05, 0) is 35.9 Å². The number of nitriles is 2. The summed E-state index contributed by atoms with van der Waals surface area (Å²) in [7, 11) is 1.57. The molecule has 2 aromatic rings. The van der Waals surface area contributed by atoms with Gasteiger partial charge in [0, 0.05) is 6.07 Å². The number of Topliss-reactive ketones (excluding diaryl/α,β-unsaturated/α-hetero) is 1. The number of nitrogens with zero attached hydrogens (tertiary/aromatic N) is 3. The van der Waals surface area contributed by atoms with Crippen LogP contribution in [0.1, 0.15) is 15.9 Å². The van der Waals surface area contributed by atoms with Crippen molar-refractivity contribution in [2.75, 3.05) is 26.8 Å². The zero-order chi connectivity index (χ0) is 21.5. The first-order valence-electron chi connectivity index (χ1n) is 8.92. The van der Waals surface area contributed by atoms with Gasteiger partial charge in [-0.1, -0.05) is 12.1 Å². The van der Waals surface area contributed by atoms with E-state index in [9.17, 15) is 9.59 Å². The number of ether oxygens (including phenoxy) is 3. The first kappa shape index (κ1) is 20.4. The Hall–Kier alpha value is -4.30. The van der Waals surface area contributed by atoms with E-state index in [1.165, 1.54) is 6.07 Å². The van der Waals surface area contributed by atoms with E-state index in [1.807, 2.05) is 12.1 Å². The topological polar surface area (TPSA) is 113 Å². The molecule has 0 spiro atoms. The molecule has 0 saturated carbocycles. The smallest absolute Gasteiger partial charge is 0.262 e. The Morgan fingerprint density at radius 2 is 1.77 bits per heavy atom. The van der Waals surface area contributed by atoms with E-state index in [-0.39, 0.29) is 31.2 Å². The highest BCUT2D eigenvalue weighted by Crippen LogP contribution is 2.35. The van der Waals surface area contributed by atoms with Gasteiger partial charge >= 0.3 is 0 Å². The van der Waals surface area contributed by atoms with E-state index in [0.717, 1.165) is 10.5 Å². The number of allylic oxidation sites excluding steroid dienone is 1. The second-order valence-corrected chi connectivity index (χ2v) is 6.23. The molecule has 1 amide bonds. The lowest BCUT2D eigenvalue weighted by atomic mass is 10.1. The van der Waals surface area contributed by atoms with E-state index in [1.54, 1.807) is 49.6 Å². The maximum atomic E-state index is 12.6. The summed E-state index contributed by atoms with van der Waals surface area (Å²) >= 11 is 0. The van der Waals surface area contributed by atoms with Crippen LogP contribution in [0.25, 0.3) is 6.08 Å². The molecule has 0 atom stereocenters. The average Bonchev–Trinajstić information content (AvgIpc) is 3.07. The van der Waals surface area contributed by atoms with Crippen LogP contribution in [-0.4, -0.2) is 43.4 Å². The highest BCUT2D eigenvalue weighted by Gasteiger charge is 2.28. The first-order valence-corrected chi connectivity index (χ1v) is 8.92. The maximum Gasteiger partial charge on any atom is 0.262 e. The minimum absolute atomic E-state index is 0.178. The maximum absolute atomic E-state index is 12.6. The number of carbonyl (C=O) groups is 2. The number of benzene rings is 2. The van der Waals surface area contributed by atoms with Gasteiger partial charge < -0.3 is 19.1 Å². The Kier molecular flexibility index (Phi) is 6.31. The summed E-state index contributed by atoms with van der Waals surface area (Å²) in [5.41, 5.74) is 1.17. The van der Waals surface area contributed by atoms with Crippen molar-refractivity contribution in [2.45, 2.75) is 0 Å². The molecule has 0 fully saturated rings. The average molecular weight is 403 g/mol. The van der Waals surface area contributed by atoms with Crippen LogP contribution in [0.5, 0.6) is 17.2 Å². The summed E-state index contributed by atoms with van der Waals surface area (Å²) < 4.78 is 16.2. The molecule has 0 radical (unpaired) electrons. The Morgan fingerprint density at radius 3 is 2.40 bits per heavy atom. The van der Waals surface area contributed by atoms with Crippen LogP contribution < -0.4 is 14.2 Å². The minimum atomic E-state index is -0.490. The van der Waals surface area contributed by atoms with Crippen molar-refractivity contribution in [3.8, 4) is 29.4 Å². The Morgan fingerprint density at radius 1 is 1.10 bits per heavy atom. The minimum Gasteiger partial charge on any atom is -0.497 e. The van der Waals surface area contributed by atoms with Crippen LogP contribution in [0.15, 0.2) is 48.2 Å². The van der Waals surface area contributed by atoms with E-state index >= 15 is 0 Å². The van der Waals surface area contributed by atoms with Crippen LogP contribution in [0.3, 0.4) is 0 Å². The molecule has 8 heteroatoms. The summed E-state index contributed by atoms with van der Waals surface area (Å²) in [6.07, 6.45) is 1.63. The number of amides is 1. The number of carbonyl (C=O) groups excluding carboxylic acids is 2. The molecule has 2 aromatic carbocycles. The standard InChI is InChI=1S/C22H17N3O5/c1-28-16-4-2-15(3-5-16)12-20-22(27)18-7-6-17(13-19(18)30-20)29-14-21(26)25(10-8-23)11-9-24/h2-7,12-13H,10-11,14H2,1H3. The van der Waals surface area contributed by atoms with E-state index < -0.39 is 5.91 Å². The highest BCUT2D eigenvalue weighted by atomic mass is 16.5. The van der Waals surface area contributed by atoms with Crippen molar-refractivity contribution in [1.82, 2.24) is 4.90 Å². The zero-order valence-electron chi connectivity index (χ0n) is 16.1. The Balaban J connectivity index is 1.69. The zero-order valence-corrected chi connectivity index (χ0v) is 16.1. The van der Waals surface area contributed by atoms with E-state index in [0.29, 0.717) is 22.8 Å². The van der Waals surface area contributed by atoms with E-state index in [2.05, 4.69) is 0 Å². The molecule has 8 nitrogen and oxygen atoms in total. The van der Waals surface area contributed by atoms with Crippen LogP contribution in [0.2, 0.25) is 0 Å². The van der Waals surface area contributed by atoms with Crippen LogP contribution in [-0.2, 0) is 4.79 Å². The predicted octanol–water partition coefficient (Wildman–Crippen LogP) is 2.57. The number of hydrogen-bond acceptors (Lipinski definition) is 7. The number of methoxy groups -OCH3 is 1. The quantitative estimate of drug-likeness (QED) is 0.516. The second-order valence-electron chi connectivity index (χ2n) is 6.23. The fourth-order valence-corrected chi connectivity index (χ4v) is 2.75. The lowest BCUT2D eigenvalue weighted by Gasteiger charge is -2.16. The molecular formula is C22H17N3O5. The monoisotopic (exact) mass is 403 g/mol. The molecule has 0 aromatic heterocycles. The summed E-state index contributed by atoms with van der Waals surface area (Å²) in [4.78, 5) is 25.7. The van der Waals surface area contributed by atoms with Crippen molar-refractivity contribution in [3.05, 3.63) is 59.4 Å². The van der Waals surface area contributed by atoms with Gasteiger partial charge in [0.15, 0.2) is 12.4 Å². The van der Waals surface area contributed by atoms with Crippen molar-refractivity contribution < 1.29 is 23.8 Å². The molecule has 1 aliphatic heterocycles. The number of ketones is 1. The SMILES string of the molecule is COc1ccc(C=C2Oc3cc(OCC(=O)N(CC#N)CC#N)ccc3C2=O)cc1. The van der Waals surface area contributed by atoms with Crippen LogP contribution in [0.4, 0.5) is 0 Å². The number of rotatable bonds is 7. The molecule has 150 valence electrons. The molecule has 3 rings (SSSR count). The van der Waals surface area contributed by atoms with Gasteiger partial charge in [-0.2, -0.15) is 10.5 Å². The molecule has 30 heavy (non-hydrogen) atoms. The van der Waals surface area contributed by atoms with Gasteiger partial charge in [0.2, 0.25) is 5.78 Å². The lowest BCUT2D eigenvalue weighted by molar-refractivity contribution is -0.132. The third kappa shape index (κ3) is 4.57. The third-order valence-corrected chi connectivity index (χ3v) is 4.29. The lowest BCUT2D eigenvalue weighted by Crippen LogP contribution is -2.35. The normalized spacial score (nSPS) is 13.0. The molecule has 0 N–H and O–H groups in total. The van der Waals surface area contributed by atoms with Crippen LogP contribution in [0, 0.1) is 22.7 Å². The van der Waals surface area contributed by atoms with E-state index in [4.69, 9.17) is 24.7 Å². The van der Waals surface area contributed by atoms with Gasteiger partial charge in [-0.3, -0.25) is 9.59 Å². The fourth-order valence-electron chi connectivity index (χ4n) is 2.75. The summed E-state index contributed by atoms with van der Waals surface area (Å²) in [6.45, 7) is -0.737. The van der Waals surface area contributed by atoms with Crippen molar-refractivity contribution in [2.24, 2.45) is 0 Å². The third-order valence-electron chi connectivity index (χ3n) is 4.29. The van der Waals surface area contributed by atoms with Gasteiger partial charge in [-0.25, -0.2) is 0 Å². The molecule has 0 unspecified atom stereocenters. The largest absolute Gasteiger partial charge is 0.497 e. The van der Waals surface area contributed by atoms with Gasteiger partial charge in [0.25, 0.3) is 5.91 Å². The van der Waals surface area contributed by atoms with Gasteiger partial charge in [0.1, 0.15) is 30.3 Å². The van der Waals surface area contributed by atoms with Crippen molar-refractivity contribution in [1.29, 1.82) is 10.5 Å². The second kappa shape index (κ2) is 9.26. The van der Waals surface area contributed by atoms with Crippen molar-refractivity contribution in [3.63, 3.8) is 0 Å². The molecule has 0 aliphatic carbocycles.